The smallest absolute Gasteiger partial charge is 0.266 e. The molecule has 30 heavy (non-hydrogen) atoms. The number of nitrogens with one attached hydrogen (secondary N) is 1. The summed E-state index contributed by atoms with van der Waals surface area (Å²) in [6.45, 7) is 4.32. The van der Waals surface area contributed by atoms with Gasteiger partial charge in [0.1, 0.15) is 11.1 Å². The zero-order valence-electron chi connectivity index (χ0n) is 17.3. The molecule has 9 nitrogen and oxygen atoms in total. The molecule has 5 rings (SSSR count). The van der Waals surface area contributed by atoms with Gasteiger partial charge in [0.2, 0.25) is 5.95 Å². The van der Waals surface area contributed by atoms with E-state index in [2.05, 4.69) is 15.1 Å². The van der Waals surface area contributed by atoms with Crippen LogP contribution in [-0.4, -0.2) is 51.6 Å². The highest BCUT2D eigenvalue weighted by Crippen LogP contribution is 2.41. The largest absolute Gasteiger partial charge is 0.399 e. The average Bonchev–Trinajstić information content (AvgIpc) is 3.29. The lowest BCUT2D eigenvalue weighted by Crippen LogP contribution is -2.51. The van der Waals surface area contributed by atoms with E-state index in [1.54, 1.807) is 23.7 Å². The fourth-order valence-corrected chi connectivity index (χ4v) is 4.85. The van der Waals surface area contributed by atoms with Crippen molar-refractivity contribution >= 4 is 22.7 Å². The Labute approximate surface area is 174 Å². The molecule has 1 aromatic carbocycles. The van der Waals surface area contributed by atoms with Crippen molar-refractivity contribution in [1.29, 1.82) is 0 Å². The van der Waals surface area contributed by atoms with Crippen LogP contribution in [0.2, 0.25) is 0 Å². The van der Waals surface area contributed by atoms with Gasteiger partial charge in [-0.15, -0.1) is 0 Å². The first-order valence-electron chi connectivity index (χ1n) is 10.3. The molecule has 9 heteroatoms. The highest BCUT2D eigenvalue weighted by Gasteiger charge is 2.47. The van der Waals surface area contributed by atoms with Crippen LogP contribution in [0.1, 0.15) is 19.8 Å². The van der Waals surface area contributed by atoms with Crippen molar-refractivity contribution in [2.45, 2.75) is 31.9 Å². The molecule has 4 heterocycles. The van der Waals surface area contributed by atoms with E-state index in [0.29, 0.717) is 35.0 Å². The van der Waals surface area contributed by atoms with Gasteiger partial charge in [0.15, 0.2) is 5.65 Å². The molecule has 2 atom stereocenters. The van der Waals surface area contributed by atoms with Crippen LogP contribution in [0.3, 0.4) is 0 Å². The molecule has 1 spiro atoms. The number of hydrogen-bond donors (Lipinski definition) is 3. The molecule has 3 aromatic rings. The quantitative estimate of drug-likeness (QED) is 0.543. The summed E-state index contributed by atoms with van der Waals surface area (Å²) >= 11 is 0. The lowest BCUT2D eigenvalue weighted by molar-refractivity contribution is 0.0973. The Kier molecular flexibility index (Phi) is 4.33. The Bertz CT molecular complexity index is 1160. The second-order valence-electron chi connectivity index (χ2n) is 8.59. The Morgan fingerprint density at radius 3 is 2.73 bits per heavy atom. The summed E-state index contributed by atoms with van der Waals surface area (Å²) in [6.07, 6.45) is 1.93. The molecule has 2 aliphatic rings. The number of aromatic nitrogens is 4. The van der Waals surface area contributed by atoms with Crippen LogP contribution in [0.5, 0.6) is 0 Å². The van der Waals surface area contributed by atoms with Crippen LogP contribution < -0.4 is 21.9 Å². The summed E-state index contributed by atoms with van der Waals surface area (Å²) in [5.74, 6) is 0.644. The summed E-state index contributed by atoms with van der Waals surface area (Å²) in [6, 6.07) is 7.39. The number of ether oxygens (including phenoxy) is 1. The fraction of sp³-hybridized carbons (Fsp3) is 0.476. The monoisotopic (exact) mass is 409 g/mol. The second kappa shape index (κ2) is 6.82. The van der Waals surface area contributed by atoms with Crippen LogP contribution in [0.4, 0.5) is 11.6 Å². The number of rotatable bonds is 2. The van der Waals surface area contributed by atoms with Crippen molar-refractivity contribution in [2.24, 2.45) is 18.2 Å². The van der Waals surface area contributed by atoms with Gasteiger partial charge in [-0.1, -0.05) is 12.1 Å². The van der Waals surface area contributed by atoms with E-state index in [9.17, 15) is 4.79 Å². The predicted octanol–water partition coefficient (Wildman–Crippen LogP) is 1.24. The molecule has 0 aliphatic carbocycles. The molecule has 0 unspecified atom stereocenters. The lowest BCUT2D eigenvalue weighted by atomic mass is 9.73. The molecule has 0 radical (unpaired) electrons. The third kappa shape index (κ3) is 2.80. The van der Waals surface area contributed by atoms with E-state index in [1.807, 2.05) is 19.1 Å². The van der Waals surface area contributed by atoms with Gasteiger partial charge < -0.3 is 21.1 Å². The van der Waals surface area contributed by atoms with Crippen molar-refractivity contribution in [3.63, 3.8) is 0 Å². The molecule has 5 N–H and O–H groups in total. The van der Waals surface area contributed by atoms with Crippen molar-refractivity contribution in [1.82, 2.24) is 19.7 Å². The number of H-pyrrole nitrogens is 1. The minimum absolute atomic E-state index is 0.0211. The number of piperidine rings is 1. The van der Waals surface area contributed by atoms with Crippen LogP contribution >= 0.6 is 0 Å². The molecule has 0 amide bonds. The van der Waals surface area contributed by atoms with E-state index in [0.717, 1.165) is 31.5 Å². The van der Waals surface area contributed by atoms with E-state index in [-0.39, 0.29) is 23.1 Å². The van der Waals surface area contributed by atoms with Gasteiger partial charge in [0.05, 0.1) is 12.7 Å². The maximum atomic E-state index is 13.2. The van der Waals surface area contributed by atoms with E-state index in [4.69, 9.17) is 21.2 Å². The zero-order valence-corrected chi connectivity index (χ0v) is 17.3. The van der Waals surface area contributed by atoms with Crippen LogP contribution in [0.15, 0.2) is 29.1 Å². The Morgan fingerprint density at radius 1 is 1.30 bits per heavy atom. The summed E-state index contributed by atoms with van der Waals surface area (Å²) in [4.78, 5) is 20.2. The molecule has 2 fully saturated rings. The Hall–Kier alpha value is -2.91. The van der Waals surface area contributed by atoms with Crippen molar-refractivity contribution in [2.75, 3.05) is 30.3 Å². The third-order valence-electron chi connectivity index (χ3n) is 6.83. The molecular formula is C21H27N7O2. The number of hydrogen-bond acceptors (Lipinski definition) is 7. The summed E-state index contributed by atoms with van der Waals surface area (Å²) in [5, 5.41) is 7.77. The fourth-order valence-electron chi connectivity index (χ4n) is 4.85. The summed E-state index contributed by atoms with van der Waals surface area (Å²) < 4.78 is 7.43. The van der Waals surface area contributed by atoms with Crippen molar-refractivity contribution in [3.8, 4) is 11.3 Å². The summed E-state index contributed by atoms with van der Waals surface area (Å²) in [5.41, 5.74) is 14.7. The number of anilines is 2. The molecule has 0 bridgehead atoms. The van der Waals surface area contributed by atoms with Gasteiger partial charge in [0, 0.05) is 42.8 Å². The molecule has 2 aromatic heterocycles. The van der Waals surface area contributed by atoms with Crippen LogP contribution in [-0.2, 0) is 11.8 Å². The van der Waals surface area contributed by atoms with Gasteiger partial charge in [-0.05, 0) is 31.9 Å². The highest BCUT2D eigenvalue weighted by molar-refractivity contribution is 5.91. The number of benzene rings is 1. The summed E-state index contributed by atoms with van der Waals surface area (Å²) in [7, 11) is 1.76. The first-order valence-corrected chi connectivity index (χ1v) is 10.3. The molecule has 0 saturated carbocycles. The first kappa shape index (κ1) is 19.1. The number of nitrogens with zero attached hydrogens (tertiary/aromatic N) is 4. The van der Waals surface area contributed by atoms with Crippen LogP contribution in [0.25, 0.3) is 22.3 Å². The number of nitrogens with two attached hydrogens (primary N) is 2. The maximum absolute atomic E-state index is 13.2. The minimum atomic E-state index is -0.129. The maximum Gasteiger partial charge on any atom is 0.266 e. The number of aromatic amines is 1. The highest BCUT2D eigenvalue weighted by atomic mass is 16.5. The minimum Gasteiger partial charge on any atom is -0.399 e. The Balaban J connectivity index is 1.49. The standard InChI is InChI=1S/C21H27N7O2/c1-12-17(23)21(11-30-12)6-8-28(9-7-21)20-24-18-15(19(29)27(20)2)16(25-26-18)13-4-3-5-14(22)10-13/h3-5,10,12,17H,6-9,11,22-23H2,1-2H3,(H,25,26)/t12-,17+/m0/s1. The van der Waals surface area contributed by atoms with Gasteiger partial charge in [-0.2, -0.15) is 10.1 Å². The zero-order chi connectivity index (χ0) is 21.0. The Morgan fingerprint density at radius 2 is 2.07 bits per heavy atom. The number of fused-ring (bicyclic) bond motifs is 1. The van der Waals surface area contributed by atoms with Crippen molar-refractivity contribution in [3.05, 3.63) is 34.6 Å². The third-order valence-corrected chi connectivity index (χ3v) is 6.83. The van der Waals surface area contributed by atoms with E-state index in [1.165, 1.54) is 0 Å². The van der Waals surface area contributed by atoms with Crippen molar-refractivity contribution < 1.29 is 4.74 Å². The number of nitrogen functional groups attached to an aromatic ring is 1. The van der Waals surface area contributed by atoms with Gasteiger partial charge in [-0.25, -0.2) is 0 Å². The molecule has 158 valence electrons. The predicted molar refractivity (Wildman–Crippen MR) is 116 cm³/mol. The van der Waals surface area contributed by atoms with E-state index >= 15 is 0 Å². The van der Waals surface area contributed by atoms with Gasteiger partial charge in [-0.3, -0.25) is 14.5 Å². The molecule has 2 aliphatic heterocycles. The topological polar surface area (TPSA) is 128 Å². The second-order valence-corrected chi connectivity index (χ2v) is 8.59. The van der Waals surface area contributed by atoms with Crippen LogP contribution in [0, 0.1) is 5.41 Å². The normalized spacial score (nSPS) is 23.5. The first-order chi connectivity index (χ1) is 14.4. The van der Waals surface area contributed by atoms with Gasteiger partial charge >= 0.3 is 0 Å². The van der Waals surface area contributed by atoms with Gasteiger partial charge in [0.25, 0.3) is 5.56 Å². The SMILES string of the molecule is C[C@@H]1OCC2(CCN(c3nc4[nH]nc(-c5cccc(N)c5)c4c(=O)n3C)CC2)[C@@H]1N. The molecule has 2 saturated heterocycles. The average molecular weight is 409 g/mol. The lowest BCUT2D eigenvalue weighted by Gasteiger charge is -2.41. The molecular weight excluding hydrogens is 382 g/mol. The van der Waals surface area contributed by atoms with E-state index < -0.39 is 0 Å².